The van der Waals surface area contributed by atoms with Gasteiger partial charge in [-0.15, -0.1) is 0 Å². The molecule has 4 nitrogen and oxygen atoms in total. The second-order valence-electron chi connectivity index (χ2n) is 2.23. The molecular formula is C6H9N3O. The first-order valence-electron chi connectivity index (χ1n) is 3.22. The van der Waals surface area contributed by atoms with Crippen molar-refractivity contribution in [3.8, 4) is 0 Å². The summed E-state index contributed by atoms with van der Waals surface area (Å²) >= 11 is 0. The molecule has 4 heteroatoms. The van der Waals surface area contributed by atoms with Crippen LogP contribution < -0.4 is 0 Å². The number of azide groups is 1. The fraction of sp³-hybridized carbons (Fsp3) is 0.667. The van der Waals surface area contributed by atoms with Crippen LogP contribution in [-0.4, -0.2) is 6.61 Å². The molecule has 0 radical (unpaired) electrons. The highest BCUT2D eigenvalue weighted by Gasteiger charge is 2.07. The van der Waals surface area contributed by atoms with E-state index < -0.39 is 0 Å². The van der Waals surface area contributed by atoms with Crippen LogP contribution in [0.4, 0.5) is 0 Å². The zero-order valence-electron chi connectivity index (χ0n) is 5.87. The lowest BCUT2D eigenvalue weighted by atomic mass is 10.1. The Balaban J connectivity index is 2.77. The Morgan fingerprint density at radius 2 is 2.50 bits per heavy atom. The molecule has 1 heterocycles. The monoisotopic (exact) mass is 139 g/mol. The van der Waals surface area contributed by atoms with E-state index in [1.807, 2.05) is 6.92 Å². The van der Waals surface area contributed by atoms with Gasteiger partial charge in [-0.25, -0.2) is 0 Å². The first kappa shape index (κ1) is 6.96. The van der Waals surface area contributed by atoms with Gasteiger partial charge in [0.15, 0.2) is 5.88 Å². The summed E-state index contributed by atoms with van der Waals surface area (Å²) in [5, 5.41) is 3.40. The van der Waals surface area contributed by atoms with Crippen LogP contribution in [-0.2, 0) is 4.74 Å². The minimum Gasteiger partial charge on any atom is -0.491 e. The molecular weight excluding hydrogens is 130 g/mol. The van der Waals surface area contributed by atoms with Gasteiger partial charge in [0.2, 0.25) is 0 Å². The van der Waals surface area contributed by atoms with Gasteiger partial charge in [-0.1, -0.05) is 0 Å². The number of nitrogens with zero attached hydrogens (tertiary/aromatic N) is 3. The van der Waals surface area contributed by atoms with Crippen LogP contribution in [0.5, 0.6) is 0 Å². The van der Waals surface area contributed by atoms with E-state index in [4.69, 9.17) is 10.3 Å². The van der Waals surface area contributed by atoms with Gasteiger partial charge in [-0.3, -0.25) is 0 Å². The van der Waals surface area contributed by atoms with E-state index in [2.05, 4.69) is 10.0 Å². The van der Waals surface area contributed by atoms with Crippen molar-refractivity contribution in [3.05, 3.63) is 21.9 Å². The Hall–Kier alpha value is -1.15. The fourth-order valence-electron chi connectivity index (χ4n) is 0.891. The summed E-state index contributed by atoms with van der Waals surface area (Å²) in [5.41, 5.74) is 9.13. The summed E-state index contributed by atoms with van der Waals surface area (Å²) in [6.07, 6.45) is 2.00. The lowest BCUT2D eigenvalue weighted by molar-refractivity contribution is 0.184. The highest BCUT2D eigenvalue weighted by Crippen LogP contribution is 2.18. The van der Waals surface area contributed by atoms with E-state index >= 15 is 0 Å². The highest BCUT2D eigenvalue weighted by atomic mass is 16.5. The molecule has 0 N–H and O–H groups in total. The molecule has 0 atom stereocenters. The number of hydrogen-bond donors (Lipinski definition) is 0. The molecule has 10 heavy (non-hydrogen) atoms. The van der Waals surface area contributed by atoms with Crippen molar-refractivity contribution in [2.45, 2.75) is 19.8 Å². The standard InChI is InChI=1S/C6H9N3O/c1-5-3-2-4-10-6(5)8-9-7/h2-4H2,1H3. The maximum Gasteiger partial charge on any atom is 0.181 e. The Bertz CT molecular complexity index is 203. The van der Waals surface area contributed by atoms with Crippen LogP contribution in [0.25, 0.3) is 10.4 Å². The minimum atomic E-state index is 0.466. The first-order chi connectivity index (χ1) is 4.84. The maximum absolute atomic E-state index is 8.08. The molecule has 1 rings (SSSR count). The van der Waals surface area contributed by atoms with Crippen LogP contribution in [0.15, 0.2) is 16.6 Å². The molecule has 54 valence electrons. The normalized spacial score (nSPS) is 17.7. The molecule has 0 aromatic heterocycles. The van der Waals surface area contributed by atoms with Crippen LogP contribution >= 0.6 is 0 Å². The third-order valence-corrected chi connectivity index (χ3v) is 1.44. The van der Waals surface area contributed by atoms with Crippen molar-refractivity contribution in [1.82, 2.24) is 0 Å². The van der Waals surface area contributed by atoms with Crippen molar-refractivity contribution >= 4 is 0 Å². The summed E-state index contributed by atoms with van der Waals surface area (Å²) < 4.78 is 5.09. The average molecular weight is 139 g/mol. The third kappa shape index (κ3) is 1.42. The van der Waals surface area contributed by atoms with E-state index in [9.17, 15) is 0 Å². The quantitative estimate of drug-likeness (QED) is 0.312. The van der Waals surface area contributed by atoms with Crippen LogP contribution in [0, 0.1) is 0 Å². The maximum atomic E-state index is 8.08. The van der Waals surface area contributed by atoms with Gasteiger partial charge >= 0.3 is 0 Å². The van der Waals surface area contributed by atoms with Crippen molar-refractivity contribution in [3.63, 3.8) is 0 Å². The Morgan fingerprint density at radius 1 is 1.70 bits per heavy atom. The van der Waals surface area contributed by atoms with E-state index in [0.29, 0.717) is 12.5 Å². The second-order valence-corrected chi connectivity index (χ2v) is 2.23. The molecule has 0 aliphatic carbocycles. The van der Waals surface area contributed by atoms with E-state index in [-0.39, 0.29) is 0 Å². The Morgan fingerprint density at radius 3 is 3.10 bits per heavy atom. The number of ether oxygens (including phenoxy) is 1. The number of hydrogen-bond acceptors (Lipinski definition) is 2. The molecule has 0 saturated heterocycles. The molecule has 0 aromatic carbocycles. The van der Waals surface area contributed by atoms with Crippen LogP contribution in [0.3, 0.4) is 0 Å². The number of allylic oxidation sites excluding steroid dienone is 1. The van der Waals surface area contributed by atoms with Gasteiger partial charge in [0.25, 0.3) is 0 Å². The molecule has 1 aliphatic heterocycles. The molecule has 0 saturated carbocycles. The fourth-order valence-corrected chi connectivity index (χ4v) is 0.891. The zero-order valence-corrected chi connectivity index (χ0v) is 5.87. The number of rotatable bonds is 1. The van der Waals surface area contributed by atoms with Crippen molar-refractivity contribution in [2.75, 3.05) is 6.61 Å². The van der Waals surface area contributed by atoms with Gasteiger partial charge in [-0.05, 0) is 36.0 Å². The lowest BCUT2D eigenvalue weighted by Gasteiger charge is -2.14. The molecule has 0 unspecified atom stereocenters. The van der Waals surface area contributed by atoms with Crippen molar-refractivity contribution in [2.24, 2.45) is 5.11 Å². The van der Waals surface area contributed by atoms with Gasteiger partial charge < -0.3 is 4.74 Å². The predicted octanol–water partition coefficient (Wildman–Crippen LogP) is 2.34. The molecule has 1 aliphatic rings. The molecule has 0 bridgehead atoms. The second kappa shape index (κ2) is 3.13. The predicted molar refractivity (Wildman–Crippen MR) is 37.0 cm³/mol. The third-order valence-electron chi connectivity index (χ3n) is 1.44. The van der Waals surface area contributed by atoms with Crippen LogP contribution in [0.1, 0.15) is 19.8 Å². The smallest absolute Gasteiger partial charge is 0.181 e. The molecule has 0 spiro atoms. The summed E-state index contributed by atoms with van der Waals surface area (Å²) in [6.45, 7) is 2.59. The van der Waals surface area contributed by atoms with Gasteiger partial charge in [0, 0.05) is 4.91 Å². The topological polar surface area (TPSA) is 58.0 Å². The molecule has 0 aromatic rings. The average Bonchev–Trinajstić information content (AvgIpc) is 1.94. The SMILES string of the molecule is CC1=C(N=[N+]=[N-])OCCC1. The lowest BCUT2D eigenvalue weighted by Crippen LogP contribution is -2.02. The van der Waals surface area contributed by atoms with E-state index in [1.54, 1.807) is 0 Å². The zero-order chi connectivity index (χ0) is 7.40. The molecule has 0 amide bonds. The van der Waals surface area contributed by atoms with Crippen molar-refractivity contribution in [1.29, 1.82) is 0 Å². The van der Waals surface area contributed by atoms with Gasteiger partial charge in [-0.2, -0.15) is 0 Å². The van der Waals surface area contributed by atoms with E-state index in [0.717, 1.165) is 18.4 Å². The van der Waals surface area contributed by atoms with Gasteiger partial charge in [0.1, 0.15) is 0 Å². The minimum absolute atomic E-state index is 0.466. The first-order valence-corrected chi connectivity index (χ1v) is 3.22. The highest BCUT2D eigenvalue weighted by molar-refractivity contribution is 5.06. The Labute approximate surface area is 59.1 Å². The van der Waals surface area contributed by atoms with Gasteiger partial charge in [0.05, 0.1) is 6.61 Å². The van der Waals surface area contributed by atoms with Crippen LogP contribution in [0.2, 0.25) is 0 Å². The Kier molecular flexibility index (Phi) is 2.18. The summed E-state index contributed by atoms with van der Waals surface area (Å²) in [4.78, 5) is 2.65. The van der Waals surface area contributed by atoms with Crippen molar-refractivity contribution < 1.29 is 4.74 Å². The summed E-state index contributed by atoms with van der Waals surface area (Å²) in [6, 6.07) is 0. The summed E-state index contributed by atoms with van der Waals surface area (Å²) in [7, 11) is 0. The molecule has 0 fully saturated rings. The summed E-state index contributed by atoms with van der Waals surface area (Å²) in [5.74, 6) is 0.466. The largest absolute Gasteiger partial charge is 0.491 e. The van der Waals surface area contributed by atoms with E-state index in [1.165, 1.54) is 0 Å².